The molecule has 3 rings (SSSR count). The van der Waals surface area contributed by atoms with Crippen molar-refractivity contribution in [2.24, 2.45) is 5.41 Å². The summed E-state index contributed by atoms with van der Waals surface area (Å²) >= 11 is 5.93. The molecule has 0 radical (unpaired) electrons. The zero-order chi connectivity index (χ0) is 16.1. The number of nitrogens with zero attached hydrogens (tertiary/aromatic N) is 1. The van der Waals surface area contributed by atoms with E-state index in [1.165, 1.54) is 0 Å². The first-order valence-corrected chi connectivity index (χ1v) is 7.72. The number of amides is 2. The number of nitrogens with one attached hydrogen (secondary N) is 1. The first-order chi connectivity index (χ1) is 10.3. The molecule has 22 heavy (non-hydrogen) atoms. The molecule has 0 saturated heterocycles. The number of carbonyl (C=O) groups excluding carboxylic acids is 2. The summed E-state index contributed by atoms with van der Waals surface area (Å²) in [4.78, 5) is 26.5. The van der Waals surface area contributed by atoms with Gasteiger partial charge in [0.15, 0.2) is 5.78 Å². The van der Waals surface area contributed by atoms with Gasteiger partial charge < -0.3 is 10.2 Å². The summed E-state index contributed by atoms with van der Waals surface area (Å²) in [5.74, 6) is 0.109. The lowest BCUT2D eigenvalue weighted by Crippen LogP contribution is -2.49. The second kappa shape index (κ2) is 5.13. The number of hydrogen-bond acceptors (Lipinski definition) is 2. The normalized spacial score (nSPS) is 24.2. The molecule has 1 aliphatic heterocycles. The summed E-state index contributed by atoms with van der Waals surface area (Å²) in [5, 5.41) is 3.56. The number of Topliss-reactive ketones (excluding diaryl/α,β-unsaturated/α-hetero) is 1. The topological polar surface area (TPSA) is 49.4 Å². The van der Waals surface area contributed by atoms with Crippen LogP contribution in [0.3, 0.4) is 0 Å². The van der Waals surface area contributed by atoms with Gasteiger partial charge in [0.25, 0.3) is 0 Å². The van der Waals surface area contributed by atoms with Crippen LogP contribution in [0.25, 0.3) is 0 Å². The molecule has 1 N–H and O–H groups in total. The molecule has 2 aliphatic rings. The van der Waals surface area contributed by atoms with Crippen molar-refractivity contribution in [3.05, 3.63) is 46.1 Å². The fraction of sp³-hybridized carbons (Fsp3) is 0.412. The van der Waals surface area contributed by atoms with Gasteiger partial charge in [-0.1, -0.05) is 37.6 Å². The van der Waals surface area contributed by atoms with Crippen molar-refractivity contribution in [2.45, 2.75) is 32.7 Å². The molecule has 4 nitrogen and oxygen atoms in total. The third-order valence-electron chi connectivity index (χ3n) is 4.37. The summed E-state index contributed by atoms with van der Waals surface area (Å²) in [6, 6.07) is 6.70. The lowest BCUT2D eigenvalue weighted by Gasteiger charge is -2.42. The second-order valence-electron chi connectivity index (χ2n) is 6.79. The SMILES string of the molecule is CN1C(=O)N[C@@H](c2ccc(Cl)cc2)C2=C1CC(C)(C)CC2=O. The molecular weight excluding hydrogens is 300 g/mol. The molecule has 1 aliphatic carbocycles. The molecule has 0 spiro atoms. The number of hydrogen-bond donors (Lipinski definition) is 1. The van der Waals surface area contributed by atoms with Crippen LogP contribution in [0.1, 0.15) is 38.3 Å². The van der Waals surface area contributed by atoms with Crippen LogP contribution < -0.4 is 5.32 Å². The van der Waals surface area contributed by atoms with Gasteiger partial charge in [-0.05, 0) is 29.5 Å². The zero-order valence-electron chi connectivity index (χ0n) is 12.9. The Morgan fingerprint density at radius 1 is 1.18 bits per heavy atom. The van der Waals surface area contributed by atoms with Gasteiger partial charge in [0.1, 0.15) is 0 Å². The van der Waals surface area contributed by atoms with E-state index in [1.54, 1.807) is 24.1 Å². The molecular formula is C17H19ClN2O2. The number of benzene rings is 1. The Bertz CT molecular complexity index is 676. The summed E-state index contributed by atoms with van der Waals surface area (Å²) in [5.41, 5.74) is 2.31. The Morgan fingerprint density at radius 3 is 2.45 bits per heavy atom. The minimum absolute atomic E-state index is 0.109. The summed E-state index contributed by atoms with van der Waals surface area (Å²) < 4.78 is 0. The lowest BCUT2D eigenvalue weighted by molar-refractivity contribution is -0.118. The summed E-state index contributed by atoms with van der Waals surface area (Å²) in [6.07, 6.45) is 1.22. The van der Waals surface area contributed by atoms with Crippen molar-refractivity contribution >= 4 is 23.4 Å². The van der Waals surface area contributed by atoms with Gasteiger partial charge in [-0.2, -0.15) is 0 Å². The summed E-state index contributed by atoms with van der Waals surface area (Å²) in [6.45, 7) is 4.12. The van der Waals surface area contributed by atoms with E-state index >= 15 is 0 Å². The van der Waals surface area contributed by atoms with Gasteiger partial charge >= 0.3 is 6.03 Å². The fourth-order valence-corrected chi connectivity index (χ4v) is 3.37. The second-order valence-corrected chi connectivity index (χ2v) is 7.23. The van der Waals surface area contributed by atoms with Crippen LogP contribution in [0.4, 0.5) is 4.79 Å². The minimum Gasteiger partial charge on any atom is -0.327 e. The molecule has 0 bridgehead atoms. The van der Waals surface area contributed by atoms with E-state index in [9.17, 15) is 9.59 Å². The van der Waals surface area contributed by atoms with Crippen molar-refractivity contribution in [2.75, 3.05) is 7.05 Å². The van der Waals surface area contributed by atoms with E-state index in [4.69, 9.17) is 11.6 Å². The van der Waals surface area contributed by atoms with Crippen molar-refractivity contribution in [1.29, 1.82) is 0 Å². The van der Waals surface area contributed by atoms with E-state index in [0.717, 1.165) is 17.7 Å². The van der Waals surface area contributed by atoms with E-state index in [1.807, 2.05) is 12.1 Å². The van der Waals surface area contributed by atoms with E-state index in [2.05, 4.69) is 19.2 Å². The molecule has 1 heterocycles. The third kappa shape index (κ3) is 2.52. The van der Waals surface area contributed by atoms with E-state index < -0.39 is 0 Å². The van der Waals surface area contributed by atoms with Crippen LogP contribution in [-0.2, 0) is 4.79 Å². The number of rotatable bonds is 1. The molecule has 2 amide bonds. The lowest BCUT2D eigenvalue weighted by atomic mass is 9.72. The molecule has 116 valence electrons. The Kier molecular flexibility index (Phi) is 3.52. The van der Waals surface area contributed by atoms with Gasteiger partial charge in [0, 0.05) is 29.8 Å². The van der Waals surface area contributed by atoms with E-state index in [0.29, 0.717) is 17.0 Å². The number of ketones is 1. The predicted octanol–water partition coefficient (Wildman–Crippen LogP) is 3.68. The quantitative estimate of drug-likeness (QED) is 0.858. The van der Waals surface area contributed by atoms with Crippen molar-refractivity contribution in [3.8, 4) is 0 Å². The molecule has 0 saturated carbocycles. The molecule has 1 aromatic rings. The van der Waals surface area contributed by atoms with E-state index in [-0.39, 0.29) is 23.3 Å². The molecule has 0 aromatic heterocycles. The average Bonchev–Trinajstić information content (AvgIpc) is 2.43. The standard InChI is InChI=1S/C17H19ClN2O2/c1-17(2)8-12-14(13(21)9-17)15(19-16(22)20(12)3)10-4-6-11(18)7-5-10/h4-7,15H,8-9H2,1-3H3,(H,19,22)/t15-/m0/s1. The maximum Gasteiger partial charge on any atom is 0.322 e. The molecule has 1 atom stereocenters. The van der Waals surface area contributed by atoms with Crippen molar-refractivity contribution < 1.29 is 9.59 Å². The smallest absolute Gasteiger partial charge is 0.322 e. The first kappa shape index (κ1) is 15.1. The van der Waals surface area contributed by atoms with Gasteiger partial charge in [0.2, 0.25) is 0 Å². The number of urea groups is 1. The van der Waals surface area contributed by atoms with Crippen molar-refractivity contribution in [1.82, 2.24) is 10.2 Å². The maximum absolute atomic E-state index is 12.7. The molecule has 5 heteroatoms. The van der Waals surface area contributed by atoms with Crippen LogP contribution in [0, 0.1) is 5.41 Å². The number of halogens is 1. The Hall–Kier alpha value is -1.81. The highest BCUT2D eigenvalue weighted by atomic mass is 35.5. The number of carbonyl (C=O) groups is 2. The Labute approximate surface area is 135 Å². The largest absolute Gasteiger partial charge is 0.327 e. The van der Waals surface area contributed by atoms with Crippen LogP contribution in [0.5, 0.6) is 0 Å². The van der Waals surface area contributed by atoms with Gasteiger partial charge in [0.05, 0.1) is 6.04 Å². The fourth-order valence-electron chi connectivity index (χ4n) is 3.25. The molecule has 0 fully saturated rings. The van der Waals surface area contributed by atoms with Crippen LogP contribution in [-0.4, -0.2) is 23.8 Å². The highest BCUT2D eigenvalue weighted by Crippen LogP contribution is 2.43. The third-order valence-corrected chi connectivity index (χ3v) is 4.62. The Morgan fingerprint density at radius 2 is 1.82 bits per heavy atom. The Balaban J connectivity index is 2.11. The molecule has 1 aromatic carbocycles. The summed E-state index contributed by atoms with van der Waals surface area (Å²) in [7, 11) is 1.72. The van der Waals surface area contributed by atoms with Crippen LogP contribution in [0.15, 0.2) is 35.5 Å². The first-order valence-electron chi connectivity index (χ1n) is 7.34. The van der Waals surface area contributed by atoms with Gasteiger partial charge in [-0.15, -0.1) is 0 Å². The predicted molar refractivity (Wildman–Crippen MR) is 85.5 cm³/mol. The zero-order valence-corrected chi connectivity index (χ0v) is 13.7. The maximum atomic E-state index is 12.7. The monoisotopic (exact) mass is 318 g/mol. The van der Waals surface area contributed by atoms with Crippen LogP contribution >= 0.6 is 11.6 Å². The average molecular weight is 319 g/mol. The highest BCUT2D eigenvalue weighted by Gasteiger charge is 2.42. The molecule has 0 unspecified atom stereocenters. The van der Waals surface area contributed by atoms with Gasteiger partial charge in [-0.3, -0.25) is 4.79 Å². The number of allylic oxidation sites excluding steroid dienone is 1. The highest BCUT2D eigenvalue weighted by molar-refractivity contribution is 6.30. The van der Waals surface area contributed by atoms with Gasteiger partial charge in [-0.25, -0.2) is 4.79 Å². The van der Waals surface area contributed by atoms with Crippen LogP contribution in [0.2, 0.25) is 5.02 Å². The van der Waals surface area contributed by atoms with Crippen molar-refractivity contribution in [3.63, 3.8) is 0 Å². The minimum atomic E-state index is -0.389.